The van der Waals surface area contributed by atoms with E-state index in [0.717, 1.165) is 22.4 Å². The van der Waals surface area contributed by atoms with Crippen molar-refractivity contribution in [2.24, 2.45) is 0 Å². The molecule has 0 radical (unpaired) electrons. The monoisotopic (exact) mass is 318 g/mol. The van der Waals surface area contributed by atoms with Crippen molar-refractivity contribution in [2.75, 3.05) is 6.61 Å². The number of ether oxygens (including phenoxy) is 2. The molecule has 1 aliphatic heterocycles. The van der Waals surface area contributed by atoms with Gasteiger partial charge in [0.2, 0.25) is 0 Å². The Morgan fingerprint density at radius 2 is 2.11 bits per heavy atom. The maximum atomic E-state index is 5.88. The summed E-state index contributed by atoms with van der Waals surface area (Å²) in [5.74, 6) is 1.85. The molecule has 2 aromatic rings. The predicted molar refractivity (Wildman–Crippen MR) is 78.9 cm³/mol. The summed E-state index contributed by atoms with van der Waals surface area (Å²) in [5, 5.41) is 0. The molecule has 98 valence electrons. The highest BCUT2D eigenvalue weighted by molar-refractivity contribution is 9.10. The Hall–Kier alpha value is -1.48. The highest BCUT2D eigenvalue weighted by atomic mass is 79.9. The zero-order valence-electron chi connectivity index (χ0n) is 10.7. The first-order chi connectivity index (χ1) is 9.22. The molecule has 1 aliphatic rings. The first-order valence-corrected chi connectivity index (χ1v) is 7.15. The lowest BCUT2D eigenvalue weighted by Gasteiger charge is -2.13. The van der Waals surface area contributed by atoms with Gasteiger partial charge < -0.3 is 9.47 Å². The van der Waals surface area contributed by atoms with Gasteiger partial charge >= 0.3 is 0 Å². The van der Waals surface area contributed by atoms with Crippen molar-refractivity contribution in [3.8, 4) is 11.5 Å². The molecule has 0 fully saturated rings. The zero-order chi connectivity index (χ0) is 13.2. The van der Waals surface area contributed by atoms with Crippen molar-refractivity contribution < 1.29 is 9.47 Å². The van der Waals surface area contributed by atoms with Crippen molar-refractivity contribution in [3.63, 3.8) is 0 Å². The summed E-state index contributed by atoms with van der Waals surface area (Å²) in [6.45, 7) is 2.67. The van der Waals surface area contributed by atoms with Gasteiger partial charge in [0, 0.05) is 6.42 Å². The first-order valence-electron chi connectivity index (χ1n) is 6.36. The number of para-hydroxylation sites is 1. The second-order valence-corrected chi connectivity index (χ2v) is 5.65. The van der Waals surface area contributed by atoms with Gasteiger partial charge in [-0.1, -0.05) is 29.8 Å². The Morgan fingerprint density at radius 1 is 1.26 bits per heavy atom. The molecule has 0 saturated carbocycles. The van der Waals surface area contributed by atoms with Crippen LogP contribution in [0.2, 0.25) is 0 Å². The van der Waals surface area contributed by atoms with Gasteiger partial charge in [0.05, 0.1) is 4.47 Å². The van der Waals surface area contributed by atoms with E-state index in [1.807, 2.05) is 30.3 Å². The minimum Gasteiger partial charge on any atom is -0.489 e. The lowest BCUT2D eigenvalue weighted by atomic mass is 10.1. The minimum atomic E-state index is 0.101. The fraction of sp³-hybridized carbons (Fsp3) is 0.250. The topological polar surface area (TPSA) is 18.5 Å². The van der Waals surface area contributed by atoms with Crippen LogP contribution in [0.5, 0.6) is 11.5 Å². The Morgan fingerprint density at radius 3 is 2.95 bits per heavy atom. The van der Waals surface area contributed by atoms with Crippen LogP contribution in [0.4, 0.5) is 0 Å². The summed E-state index contributed by atoms with van der Waals surface area (Å²) in [4.78, 5) is 0. The van der Waals surface area contributed by atoms with Gasteiger partial charge in [-0.2, -0.15) is 0 Å². The largest absolute Gasteiger partial charge is 0.489 e. The second kappa shape index (κ2) is 5.25. The van der Waals surface area contributed by atoms with Gasteiger partial charge in [0.25, 0.3) is 0 Å². The smallest absolute Gasteiger partial charge is 0.137 e. The van der Waals surface area contributed by atoms with Gasteiger partial charge in [-0.15, -0.1) is 0 Å². The van der Waals surface area contributed by atoms with Crippen LogP contribution in [0.3, 0.4) is 0 Å². The van der Waals surface area contributed by atoms with E-state index in [-0.39, 0.29) is 6.10 Å². The number of benzene rings is 2. The molecule has 0 aliphatic carbocycles. The summed E-state index contributed by atoms with van der Waals surface area (Å²) < 4.78 is 12.7. The van der Waals surface area contributed by atoms with Gasteiger partial charge in [-0.3, -0.25) is 0 Å². The standard InChI is InChI=1S/C16H15BrO2/c1-11-6-7-15-12(8-11)9-13(19-15)10-18-16-5-3-2-4-14(16)17/h2-8,13H,9-10H2,1H3. The summed E-state index contributed by atoms with van der Waals surface area (Å²) in [6.07, 6.45) is 1.02. The maximum absolute atomic E-state index is 5.88. The molecular formula is C16H15BrO2. The molecule has 0 bridgehead atoms. The zero-order valence-corrected chi connectivity index (χ0v) is 12.3. The summed E-state index contributed by atoms with van der Waals surface area (Å²) in [5.41, 5.74) is 2.55. The van der Waals surface area contributed by atoms with E-state index in [0.29, 0.717) is 6.61 Å². The van der Waals surface area contributed by atoms with Crippen molar-refractivity contribution in [3.05, 3.63) is 58.1 Å². The van der Waals surface area contributed by atoms with E-state index in [9.17, 15) is 0 Å². The molecular weight excluding hydrogens is 304 g/mol. The van der Waals surface area contributed by atoms with Crippen LogP contribution in [0, 0.1) is 6.92 Å². The van der Waals surface area contributed by atoms with Gasteiger partial charge in [-0.25, -0.2) is 0 Å². The Balaban J connectivity index is 1.63. The molecule has 1 heterocycles. The average molecular weight is 319 g/mol. The third-order valence-electron chi connectivity index (χ3n) is 3.22. The molecule has 0 N–H and O–H groups in total. The predicted octanol–water partition coefficient (Wildman–Crippen LogP) is 4.14. The fourth-order valence-electron chi connectivity index (χ4n) is 2.29. The second-order valence-electron chi connectivity index (χ2n) is 4.80. The van der Waals surface area contributed by atoms with Crippen LogP contribution < -0.4 is 9.47 Å². The average Bonchev–Trinajstić information content (AvgIpc) is 2.79. The van der Waals surface area contributed by atoms with Crippen LogP contribution in [0.25, 0.3) is 0 Å². The molecule has 3 heteroatoms. The van der Waals surface area contributed by atoms with E-state index >= 15 is 0 Å². The fourth-order valence-corrected chi connectivity index (χ4v) is 2.69. The quantitative estimate of drug-likeness (QED) is 0.846. The first kappa shape index (κ1) is 12.5. The molecule has 3 rings (SSSR count). The number of fused-ring (bicyclic) bond motifs is 1. The lowest BCUT2D eigenvalue weighted by Crippen LogP contribution is -2.22. The number of hydrogen-bond donors (Lipinski definition) is 0. The normalized spacial score (nSPS) is 16.8. The van der Waals surface area contributed by atoms with Crippen LogP contribution in [-0.4, -0.2) is 12.7 Å². The molecule has 0 amide bonds. The van der Waals surface area contributed by atoms with Crippen LogP contribution in [0.15, 0.2) is 46.9 Å². The molecule has 1 atom stereocenters. The van der Waals surface area contributed by atoms with Crippen molar-refractivity contribution in [1.29, 1.82) is 0 Å². The molecule has 1 unspecified atom stereocenters. The van der Waals surface area contributed by atoms with Crippen LogP contribution in [-0.2, 0) is 6.42 Å². The van der Waals surface area contributed by atoms with E-state index < -0.39 is 0 Å². The molecule has 2 nitrogen and oxygen atoms in total. The molecule has 0 aromatic heterocycles. The van der Waals surface area contributed by atoms with E-state index in [4.69, 9.17) is 9.47 Å². The van der Waals surface area contributed by atoms with E-state index in [1.54, 1.807) is 0 Å². The molecule has 19 heavy (non-hydrogen) atoms. The molecule has 0 spiro atoms. The van der Waals surface area contributed by atoms with Crippen molar-refractivity contribution in [2.45, 2.75) is 19.4 Å². The number of halogens is 1. The summed E-state index contributed by atoms with van der Waals surface area (Å²) in [6, 6.07) is 14.2. The van der Waals surface area contributed by atoms with E-state index in [2.05, 4.69) is 35.0 Å². The van der Waals surface area contributed by atoms with Crippen molar-refractivity contribution in [1.82, 2.24) is 0 Å². The van der Waals surface area contributed by atoms with Gasteiger partial charge in [0.1, 0.15) is 24.2 Å². The molecule has 0 saturated heterocycles. The minimum absolute atomic E-state index is 0.101. The van der Waals surface area contributed by atoms with Crippen LogP contribution in [0.1, 0.15) is 11.1 Å². The molecule has 2 aromatic carbocycles. The third-order valence-corrected chi connectivity index (χ3v) is 3.87. The summed E-state index contributed by atoms with van der Waals surface area (Å²) in [7, 11) is 0. The van der Waals surface area contributed by atoms with Gasteiger partial charge in [-0.05, 0) is 46.6 Å². The Bertz CT molecular complexity index is 595. The lowest BCUT2D eigenvalue weighted by molar-refractivity contribution is 0.148. The number of aryl methyl sites for hydroxylation is 1. The maximum Gasteiger partial charge on any atom is 0.137 e. The third kappa shape index (κ3) is 2.76. The number of hydrogen-bond acceptors (Lipinski definition) is 2. The number of rotatable bonds is 3. The van der Waals surface area contributed by atoms with Crippen molar-refractivity contribution >= 4 is 15.9 Å². The highest BCUT2D eigenvalue weighted by Gasteiger charge is 2.23. The van der Waals surface area contributed by atoms with E-state index in [1.165, 1.54) is 11.1 Å². The van der Waals surface area contributed by atoms with Crippen LogP contribution >= 0.6 is 15.9 Å². The highest BCUT2D eigenvalue weighted by Crippen LogP contribution is 2.30. The van der Waals surface area contributed by atoms with Gasteiger partial charge in [0.15, 0.2) is 0 Å². The SMILES string of the molecule is Cc1ccc2c(c1)CC(COc1ccccc1Br)O2. The Kier molecular flexibility index (Phi) is 3.47. The Labute approximate surface area is 121 Å². The summed E-state index contributed by atoms with van der Waals surface area (Å²) >= 11 is 3.48.